The van der Waals surface area contributed by atoms with E-state index in [1.165, 1.54) is 5.56 Å². The van der Waals surface area contributed by atoms with Crippen molar-refractivity contribution >= 4 is 5.69 Å². The second-order valence-corrected chi connectivity index (χ2v) is 6.73. The molecule has 0 saturated carbocycles. The van der Waals surface area contributed by atoms with Gasteiger partial charge in [0.1, 0.15) is 0 Å². The lowest BCUT2D eigenvalue weighted by atomic mass is 9.94. The lowest BCUT2D eigenvalue weighted by Gasteiger charge is -2.29. The Morgan fingerprint density at radius 2 is 1.69 bits per heavy atom. The Hall–Kier alpha value is -3.01. The molecule has 4 heteroatoms. The Morgan fingerprint density at radius 3 is 2.38 bits per heavy atom. The van der Waals surface area contributed by atoms with E-state index < -0.39 is 0 Å². The summed E-state index contributed by atoms with van der Waals surface area (Å²) in [4.78, 5) is 15.5. The van der Waals surface area contributed by atoms with Crippen molar-refractivity contribution in [3.05, 3.63) is 70.5 Å². The van der Waals surface area contributed by atoms with Crippen molar-refractivity contribution in [2.75, 3.05) is 26.1 Å². The fourth-order valence-electron chi connectivity index (χ4n) is 3.85. The molecular formula is C22H22N2O2. The molecule has 0 saturated heterocycles. The van der Waals surface area contributed by atoms with Gasteiger partial charge in [0.15, 0.2) is 5.75 Å². The molecule has 0 radical (unpaired) electrons. The summed E-state index contributed by atoms with van der Waals surface area (Å²) in [5, 5.41) is 0. The number of aryl methyl sites for hydroxylation is 1. The van der Waals surface area contributed by atoms with Gasteiger partial charge in [0.2, 0.25) is 0 Å². The average Bonchev–Trinajstić information content (AvgIpc) is 2.68. The van der Waals surface area contributed by atoms with Gasteiger partial charge in [-0.3, -0.25) is 4.79 Å². The van der Waals surface area contributed by atoms with E-state index in [1.807, 2.05) is 66.0 Å². The zero-order chi connectivity index (χ0) is 18.3. The number of rotatable bonds is 3. The molecule has 4 rings (SSSR count). The molecule has 132 valence electrons. The minimum absolute atomic E-state index is 0.0326. The van der Waals surface area contributed by atoms with Crippen LogP contribution in [0.1, 0.15) is 5.56 Å². The second-order valence-electron chi connectivity index (χ2n) is 6.73. The summed E-state index contributed by atoms with van der Waals surface area (Å²) >= 11 is 0. The summed E-state index contributed by atoms with van der Waals surface area (Å²) in [6, 6.07) is 18.1. The number of hydrogen-bond acceptors (Lipinski definition) is 3. The molecule has 0 bridgehead atoms. The minimum atomic E-state index is 0.0326. The Morgan fingerprint density at radius 1 is 1.00 bits per heavy atom. The summed E-state index contributed by atoms with van der Waals surface area (Å²) in [5.74, 6) is 0.751. The molecule has 0 amide bonds. The lowest BCUT2D eigenvalue weighted by Crippen LogP contribution is -2.30. The topological polar surface area (TPSA) is 34.5 Å². The van der Waals surface area contributed by atoms with Crippen LogP contribution in [0.25, 0.3) is 22.4 Å². The Kier molecular flexibility index (Phi) is 4.03. The molecule has 2 aromatic carbocycles. The van der Waals surface area contributed by atoms with Crippen molar-refractivity contribution < 1.29 is 4.74 Å². The fraction of sp³-hybridized carbons (Fsp3) is 0.227. The van der Waals surface area contributed by atoms with E-state index in [0.717, 1.165) is 34.7 Å². The summed E-state index contributed by atoms with van der Waals surface area (Å²) in [5.41, 5.74) is 5.67. The number of anilines is 1. The summed E-state index contributed by atoms with van der Waals surface area (Å²) in [7, 11) is 5.59. The number of fused-ring (bicyclic) bond motifs is 3. The quantitative estimate of drug-likeness (QED) is 0.723. The summed E-state index contributed by atoms with van der Waals surface area (Å²) in [6.07, 6.45) is 0.849. The number of aromatic nitrogens is 1. The fourth-order valence-corrected chi connectivity index (χ4v) is 3.85. The van der Waals surface area contributed by atoms with Gasteiger partial charge in [-0.1, -0.05) is 54.6 Å². The molecule has 0 N–H and O–H groups in total. The highest BCUT2D eigenvalue weighted by Crippen LogP contribution is 2.44. The number of nitrogens with zero attached hydrogens (tertiary/aromatic N) is 2. The number of methoxy groups -OCH3 is 1. The van der Waals surface area contributed by atoms with Crippen LogP contribution < -0.4 is 15.2 Å². The van der Waals surface area contributed by atoms with Gasteiger partial charge >= 0.3 is 0 Å². The van der Waals surface area contributed by atoms with E-state index in [9.17, 15) is 4.79 Å². The van der Waals surface area contributed by atoms with Crippen LogP contribution in [0.3, 0.4) is 0 Å². The molecular weight excluding hydrogens is 324 g/mol. The van der Waals surface area contributed by atoms with E-state index in [0.29, 0.717) is 12.1 Å². The van der Waals surface area contributed by atoms with Crippen molar-refractivity contribution in [3.63, 3.8) is 0 Å². The Balaban J connectivity index is 2.14. The molecule has 0 aliphatic carbocycles. The Labute approximate surface area is 153 Å². The maximum Gasteiger partial charge on any atom is 0.261 e. The predicted molar refractivity (Wildman–Crippen MR) is 106 cm³/mol. The third kappa shape index (κ3) is 2.41. The smallest absolute Gasteiger partial charge is 0.261 e. The van der Waals surface area contributed by atoms with Crippen LogP contribution >= 0.6 is 0 Å². The van der Waals surface area contributed by atoms with Gasteiger partial charge in [-0.05, 0) is 17.5 Å². The van der Waals surface area contributed by atoms with E-state index >= 15 is 0 Å². The number of pyridine rings is 1. The van der Waals surface area contributed by atoms with E-state index in [4.69, 9.17) is 4.74 Å². The first kappa shape index (κ1) is 16.5. The molecule has 0 fully saturated rings. The third-order valence-corrected chi connectivity index (χ3v) is 4.99. The van der Waals surface area contributed by atoms with Crippen molar-refractivity contribution in [1.82, 2.24) is 4.57 Å². The van der Waals surface area contributed by atoms with Crippen LogP contribution in [0, 0.1) is 0 Å². The van der Waals surface area contributed by atoms with Crippen molar-refractivity contribution in [3.8, 4) is 28.1 Å². The van der Waals surface area contributed by atoms with Crippen LogP contribution in [-0.4, -0.2) is 25.8 Å². The van der Waals surface area contributed by atoms with Crippen molar-refractivity contribution in [2.24, 2.45) is 0 Å². The maximum absolute atomic E-state index is 13.5. The first-order valence-electron chi connectivity index (χ1n) is 8.79. The highest BCUT2D eigenvalue weighted by atomic mass is 16.5. The van der Waals surface area contributed by atoms with Crippen molar-refractivity contribution in [1.29, 1.82) is 0 Å². The van der Waals surface area contributed by atoms with Crippen LogP contribution in [-0.2, 0) is 13.0 Å². The molecule has 1 aliphatic heterocycles. The zero-order valence-corrected chi connectivity index (χ0v) is 15.3. The molecule has 1 aliphatic rings. The van der Waals surface area contributed by atoms with Crippen molar-refractivity contribution in [2.45, 2.75) is 13.0 Å². The largest absolute Gasteiger partial charge is 0.492 e. The summed E-state index contributed by atoms with van der Waals surface area (Å²) in [6.45, 7) is 0.662. The second kappa shape index (κ2) is 6.37. The molecule has 0 atom stereocenters. The van der Waals surface area contributed by atoms with Gasteiger partial charge in [0.05, 0.1) is 24.1 Å². The molecule has 4 nitrogen and oxygen atoms in total. The van der Waals surface area contributed by atoms with E-state index in [-0.39, 0.29) is 5.56 Å². The lowest BCUT2D eigenvalue weighted by molar-refractivity contribution is 0.410. The average molecular weight is 346 g/mol. The first-order valence-corrected chi connectivity index (χ1v) is 8.79. The van der Waals surface area contributed by atoms with E-state index in [1.54, 1.807) is 7.11 Å². The number of ether oxygens (including phenoxy) is 1. The third-order valence-electron chi connectivity index (χ3n) is 4.99. The molecule has 1 aromatic heterocycles. The first-order chi connectivity index (χ1) is 12.6. The van der Waals surface area contributed by atoms with Gasteiger partial charge < -0.3 is 14.2 Å². The van der Waals surface area contributed by atoms with Gasteiger partial charge in [-0.15, -0.1) is 0 Å². The highest BCUT2D eigenvalue weighted by Gasteiger charge is 2.28. The minimum Gasteiger partial charge on any atom is -0.492 e. The Bertz CT molecular complexity index is 1020. The van der Waals surface area contributed by atoms with Gasteiger partial charge in [-0.2, -0.15) is 0 Å². The monoisotopic (exact) mass is 346 g/mol. The number of benzene rings is 2. The van der Waals surface area contributed by atoms with Gasteiger partial charge in [0.25, 0.3) is 5.56 Å². The SMILES string of the molecule is COc1c(N(C)C)c(-c2ccccc2)c(=O)n2c1-c1ccccc1CC2. The molecule has 0 unspecified atom stereocenters. The van der Waals surface area contributed by atoms with E-state index in [2.05, 4.69) is 12.1 Å². The van der Waals surface area contributed by atoms with Crippen LogP contribution in [0.5, 0.6) is 5.75 Å². The van der Waals surface area contributed by atoms with Gasteiger partial charge in [-0.25, -0.2) is 0 Å². The standard InChI is InChI=1S/C22H22N2O2/c1-23(2)20-18(16-10-5-4-6-11-16)22(25)24-14-13-15-9-7-8-12-17(15)19(24)21(20)26-3/h4-12H,13-14H2,1-3H3. The van der Waals surface area contributed by atoms with Crippen LogP contribution in [0.4, 0.5) is 5.69 Å². The van der Waals surface area contributed by atoms with Crippen LogP contribution in [0.15, 0.2) is 59.4 Å². The maximum atomic E-state index is 13.5. The zero-order valence-electron chi connectivity index (χ0n) is 15.3. The normalized spacial score (nSPS) is 12.3. The molecule has 3 aromatic rings. The van der Waals surface area contributed by atoms with Gasteiger partial charge in [0, 0.05) is 26.2 Å². The number of hydrogen-bond donors (Lipinski definition) is 0. The van der Waals surface area contributed by atoms with Crippen LogP contribution in [0.2, 0.25) is 0 Å². The predicted octanol–water partition coefficient (Wildman–Crippen LogP) is 3.81. The molecule has 2 heterocycles. The molecule has 26 heavy (non-hydrogen) atoms. The molecule has 0 spiro atoms. The highest BCUT2D eigenvalue weighted by molar-refractivity contribution is 5.89. The summed E-state index contributed by atoms with van der Waals surface area (Å²) < 4.78 is 7.75.